The van der Waals surface area contributed by atoms with Gasteiger partial charge in [-0.3, -0.25) is 0 Å². The molecule has 142 valence electrons. The quantitative estimate of drug-likeness (QED) is 0.423. The maximum Gasteiger partial charge on any atom is 0.169 e. The van der Waals surface area contributed by atoms with E-state index in [0.29, 0.717) is 11.5 Å². The smallest absolute Gasteiger partial charge is 0.169 e. The summed E-state index contributed by atoms with van der Waals surface area (Å²) in [6, 6.07) is 27.0. The number of aromatic hydroxyl groups is 1. The van der Waals surface area contributed by atoms with Crippen LogP contribution in [0.15, 0.2) is 84.9 Å². The predicted octanol–water partition coefficient (Wildman–Crippen LogP) is 7.38. The lowest BCUT2D eigenvalue weighted by Gasteiger charge is -2.06. The third-order valence-electron chi connectivity index (χ3n) is 4.25. The molecule has 0 fully saturated rings. The molecule has 0 heterocycles. The van der Waals surface area contributed by atoms with Gasteiger partial charge in [-0.05, 0) is 42.7 Å². The van der Waals surface area contributed by atoms with E-state index in [4.69, 9.17) is 4.74 Å². The van der Waals surface area contributed by atoms with Crippen molar-refractivity contribution in [2.75, 3.05) is 0 Å². The van der Waals surface area contributed by atoms with Gasteiger partial charge < -0.3 is 9.84 Å². The Morgan fingerprint density at radius 3 is 1.93 bits per heavy atom. The molecule has 0 amide bonds. The lowest BCUT2D eigenvalue weighted by atomic mass is 10.1. The second-order valence-electron chi connectivity index (χ2n) is 6.53. The second-order valence-corrected chi connectivity index (χ2v) is 6.53. The fraction of sp³-hybridized carbons (Fsp3) is 0.280. The Balaban J connectivity index is 0.000000194. The number of ether oxygens (including phenoxy) is 1. The van der Waals surface area contributed by atoms with Crippen molar-refractivity contribution in [3.05, 3.63) is 90.5 Å². The van der Waals surface area contributed by atoms with E-state index in [1.165, 1.54) is 44.1 Å². The van der Waals surface area contributed by atoms with Crippen LogP contribution in [0.2, 0.25) is 0 Å². The van der Waals surface area contributed by atoms with Crippen LogP contribution in [0, 0.1) is 0 Å². The maximum absolute atomic E-state index is 9.45. The van der Waals surface area contributed by atoms with Crippen molar-refractivity contribution in [3.63, 3.8) is 0 Å². The van der Waals surface area contributed by atoms with Crippen LogP contribution in [-0.4, -0.2) is 5.11 Å². The molecule has 0 atom stereocenters. The highest BCUT2D eigenvalue weighted by molar-refractivity contribution is 5.41. The van der Waals surface area contributed by atoms with E-state index in [2.05, 4.69) is 37.3 Å². The van der Waals surface area contributed by atoms with Crippen molar-refractivity contribution in [2.45, 2.75) is 45.4 Å². The van der Waals surface area contributed by atoms with Gasteiger partial charge in [0.1, 0.15) is 5.75 Å². The number of rotatable bonds is 8. The van der Waals surface area contributed by atoms with Crippen LogP contribution in [0.5, 0.6) is 17.2 Å². The van der Waals surface area contributed by atoms with Crippen LogP contribution in [0.1, 0.15) is 44.6 Å². The minimum atomic E-state index is 0.149. The van der Waals surface area contributed by atoms with Gasteiger partial charge in [0.2, 0.25) is 0 Å². The van der Waals surface area contributed by atoms with Gasteiger partial charge in [0.05, 0.1) is 0 Å². The van der Waals surface area contributed by atoms with Crippen molar-refractivity contribution in [1.82, 2.24) is 0 Å². The normalized spacial score (nSPS) is 9.96. The summed E-state index contributed by atoms with van der Waals surface area (Å²) in [5.41, 5.74) is 1.49. The second kappa shape index (κ2) is 12.6. The highest BCUT2D eigenvalue weighted by atomic mass is 16.5. The summed E-state index contributed by atoms with van der Waals surface area (Å²) in [6.45, 7) is 2.26. The fourth-order valence-corrected chi connectivity index (χ4v) is 2.74. The Bertz CT molecular complexity index is 739. The largest absolute Gasteiger partial charge is 0.504 e. The van der Waals surface area contributed by atoms with E-state index in [9.17, 15) is 5.11 Å². The Labute approximate surface area is 163 Å². The molecule has 0 saturated carbocycles. The van der Waals surface area contributed by atoms with E-state index in [0.717, 1.165) is 0 Å². The molecule has 0 radical (unpaired) electrons. The summed E-state index contributed by atoms with van der Waals surface area (Å²) in [6.07, 6.45) is 8.14. The molecule has 2 heteroatoms. The molecular formula is C25H30O2. The van der Waals surface area contributed by atoms with Crippen molar-refractivity contribution < 1.29 is 9.84 Å². The van der Waals surface area contributed by atoms with Crippen LogP contribution in [0.3, 0.4) is 0 Å². The summed E-state index contributed by atoms with van der Waals surface area (Å²) in [4.78, 5) is 0. The Morgan fingerprint density at radius 1 is 0.667 bits per heavy atom. The average molecular weight is 363 g/mol. The Morgan fingerprint density at radius 2 is 1.26 bits per heavy atom. The van der Waals surface area contributed by atoms with Crippen LogP contribution in [0.4, 0.5) is 0 Å². The molecule has 3 aromatic carbocycles. The monoisotopic (exact) mass is 362 g/mol. The van der Waals surface area contributed by atoms with Gasteiger partial charge in [-0.2, -0.15) is 0 Å². The van der Waals surface area contributed by atoms with Crippen LogP contribution < -0.4 is 4.74 Å². The van der Waals surface area contributed by atoms with Gasteiger partial charge in [-0.25, -0.2) is 0 Å². The minimum absolute atomic E-state index is 0.149. The summed E-state index contributed by atoms with van der Waals surface area (Å²) in [5, 5.41) is 9.45. The summed E-state index contributed by atoms with van der Waals surface area (Å²) in [5.74, 6) is 1.34. The van der Waals surface area contributed by atoms with Crippen molar-refractivity contribution in [2.24, 2.45) is 0 Å². The van der Waals surface area contributed by atoms with Gasteiger partial charge >= 0.3 is 0 Å². The number of benzene rings is 3. The molecule has 3 rings (SSSR count). The molecule has 1 N–H and O–H groups in total. The number of aryl methyl sites for hydroxylation is 1. The molecule has 0 aromatic heterocycles. The summed E-state index contributed by atoms with van der Waals surface area (Å²) < 4.78 is 5.46. The zero-order valence-corrected chi connectivity index (χ0v) is 16.2. The minimum Gasteiger partial charge on any atom is -0.504 e. The molecular weight excluding hydrogens is 332 g/mol. The first kappa shape index (κ1) is 20.6. The number of hydrogen-bond donors (Lipinski definition) is 1. The molecule has 0 aliphatic heterocycles. The van der Waals surface area contributed by atoms with E-state index < -0.39 is 0 Å². The highest BCUT2D eigenvalue weighted by Crippen LogP contribution is 2.29. The molecule has 0 bridgehead atoms. The number of unbranched alkanes of at least 4 members (excludes halogenated alkanes) is 4. The molecule has 0 aliphatic rings. The third kappa shape index (κ3) is 8.46. The van der Waals surface area contributed by atoms with Crippen LogP contribution in [0.25, 0.3) is 0 Å². The highest BCUT2D eigenvalue weighted by Gasteiger charge is 2.00. The summed E-state index contributed by atoms with van der Waals surface area (Å²) in [7, 11) is 0. The van der Waals surface area contributed by atoms with Crippen LogP contribution >= 0.6 is 0 Å². The fourth-order valence-electron chi connectivity index (χ4n) is 2.74. The average Bonchev–Trinajstić information content (AvgIpc) is 2.72. The number of hydrogen-bond acceptors (Lipinski definition) is 2. The van der Waals surface area contributed by atoms with Crippen molar-refractivity contribution in [1.29, 1.82) is 0 Å². The lowest BCUT2D eigenvalue weighted by Crippen LogP contribution is -1.84. The Kier molecular flexibility index (Phi) is 9.59. The molecule has 27 heavy (non-hydrogen) atoms. The Hall–Kier alpha value is -2.74. The summed E-state index contributed by atoms with van der Waals surface area (Å²) >= 11 is 0. The van der Waals surface area contributed by atoms with Gasteiger partial charge in [0.25, 0.3) is 0 Å². The SMILES string of the molecule is CCCCCCCc1ccccc1.Oc1ccccc1Oc1ccccc1. The third-order valence-corrected chi connectivity index (χ3v) is 4.25. The van der Waals surface area contributed by atoms with Gasteiger partial charge in [0, 0.05) is 0 Å². The molecule has 0 saturated heterocycles. The molecule has 2 nitrogen and oxygen atoms in total. The zero-order valence-electron chi connectivity index (χ0n) is 16.2. The predicted molar refractivity (Wildman–Crippen MR) is 114 cm³/mol. The van der Waals surface area contributed by atoms with Crippen LogP contribution in [-0.2, 0) is 6.42 Å². The molecule has 0 spiro atoms. The van der Waals surface area contributed by atoms with E-state index in [1.54, 1.807) is 18.2 Å². The zero-order chi connectivity index (χ0) is 19.2. The first-order valence-corrected chi connectivity index (χ1v) is 9.84. The number of phenolic OH excluding ortho intramolecular Hbond substituents is 1. The van der Waals surface area contributed by atoms with E-state index >= 15 is 0 Å². The number of phenols is 1. The first-order valence-electron chi connectivity index (χ1n) is 9.84. The maximum atomic E-state index is 9.45. The van der Waals surface area contributed by atoms with Gasteiger partial charge in [-0.1, -0.05) is 93.3 Å². The van der Waals surface area contributed by atoms with E-state index in [1.807, 2.05) is 36.4 Å². The first-order chi connectivity index (χ1) is 13.3. The lowest BCUT2D eigenvalue weighted by molar-refractivity contribution is 0.411. The van der Waals surface area contributed by atoms with E-state index in [-0.39, 0.29) is 5.75 Å². The molecule has 3 aromatic rings. The van der Waals surface area contributed by atoms with Gasteiger partial charge in [-0.15, -0.1) is 0 Å². The standard InChI is InChI=1S/C13H20.C12H10O2/c1-2-3-4-5-7-10-13-11-8-6-9-12-13;13-11-8-4-5-9-12(11)14-10-6-2-1-3-7-10/h6,8-9,11-12H,2-5,7,10H2,1H3;1-9,13H. The van der Waals surface area contributed by atoms with Crippen molar-refractivity contribution >= 4 is 0 Å². The molecule has 0 unspecified atom stereocenters. The van der Waals surface area contributed by atoms with Crippen molar-refractivity contribution in [3.8, 4) is 17.2 Å². The number of para-hydroxylation sites is 3. The molecule has 0 aliphatic carbocycles. The van der Waals surface area contributed by atoms with Gasteiger partial charge in [0.15, 0.2) is 11.5 Å². The topological polar surface area (TPSA) is 29.5 Å².